The molecule has 3 heterocycles. The van der Waals surface area contributed by atoms with Crippen molar-refractivity contribution in [2.75, 3.05) is 6.61 Å². The molecule has 0 saturated carbocycles. The van der Waals surface area contributed by atoms with Gasteiger partial charge in [0.15, 0.2) is 5.65 Å². The lowest BCUT2D eigenvalue weighted by atomic mass is 9.84. The van der Waals surface area contributed by atoms with E-state index in [0.29, 0.717) is 19.4 Å². The van der Waals surface area contributed by atoms with Gasteiger partial charge < -0.3 is 9.30 Å². The number of ether oxygens (including phenoxy) is 1. The van der Waals surface area contributed by atoms with Crippen LogP contribution in [0.5, 0.6) is 0 Å². The number of esters is 1. The molecule has 0 saturated heterocycles. The minimum absolute atomic E-state index is 0.115. The van der Waals surface area contributed by atoms with E-state index in [0.717, 1.165) is 46.9 Å². The lowest BCUT2D eigenvalue weighted by Gasteiger charge is -2.25. The summed E-state index contributed by atoms with van der Waals surface area (Å²) in [7, 11) is 0. The molecule has 0 spiro atoms. The van der Waals surface area contributed by atoms with E-state index in [1.54, 1.807) is 11.3 Å². The molecule has 4 rings (SSSR count). The smallest absolute Gasteiger partial charge is 0.318 e. The number of thiophene rings is 1. The summed E-state index contributed by atoms with van der Waals surface area (Å²) in [5.74, 6) is 0.961. The first-order chi connectivity index (χ1) is 14.5. The van der Waals surface area contributed by atoms with Gasteiger partial charge in [0, 0.05) is 21.9 Å². The van der Waals surface area contributed by atoms with Crippen LogP contribution in [-0.4, -0.2) is 27.1 Å². The molecule has 6 heteroatoms. The van der Waals surface area contributed by atoms with Gasteiger partial charge in [0.25, 0.3) is 0 Å². The topological polar surface area (TPSA) is 57.0 Å². The van der Waals surface area contributed by atoms with E-state index < -0.39 is 5.41 Å². The van der Waals surface area contributed by atoms with E-state index in [4.69, 9.17) is 14.7 Å². The summed E-state index contributed by atoms with van der Waals surface area (Å²) < 4.78 is 7.68. The van der Waals surface area contributed by atoms with Gasteiger partial charge in [-0.1, -0.05) is 19.1 Å². The highest BCUT2D eigenvalue weighted by Crippen LogP contribution is 2.42. The second-order valence-corrected chi connectivity index (χ2v) is 9.23. The number of aromatic nitrogens is 3. The summed E-state index contributed by atoms with van der Waals surface area (Å²) in [5.41, 5.74) is 3.55. The van der Waals surface area contributed by atoms with Crippen molar-refractivity contribution < 1.29 is 9.53 Å². The Kier molecular flexibility index (Phi) is 5.78. The second kappa shape index (κ2) is 8.34. The number of pyridine rings is 1. The van der Waals surface area contributed by atoms with Crippen molar-refractivity contribution in [3.8, 4) is 0 Å². The molecule has 30 heavy (non-hydrogen) atoms. The highest BCUT2D eigenvalue weighted by atomic mass is 32.1. The maximum Gasteiger partial charge on any atom is 0.318 e. The largest absolute Gasteiger partial charge is 0.465 e. The van der Waals surface area contributed by atoms with Crippen LogP contribution >= 0.6 is 11.3 Å². The van der Waals surface area contributed by atoms with Gasteiger partial charge in [0.05, 0.1) is 13.2 Å². The summed E-state index contributed by atoms with van der Waals surface area (Å²) in [5, 5.41) is 0. The normalized spacial score (nSPS) is 15.2. The molecular formula is C24H29N3O2S. The molecular weight excluding hydrogens is 394 g/mol. The zero-order valence-electron chi connectivity index (χ0n) is 18.2. The van der Waals surface area contributed by atoms with Gasteiger partial charge in [-0.05, 0) is 63.8 Å². The maximum absolute atomic E-state index is 12.8. The molecule has 158 valence electrons. The third-order valence-electron chi connectivity index (χ3n) is 5.79. The van der Waals surface area contributed by atoms with Crippen LogP contribution in [0.2, 0.25) is 0 Å². The monoisotopic (exact) mass is 423 g/mol. The number of hydrogen-bond acceptors (Lipinski definition) is 5. The molecule has 3 aromatic heterocycles. The highest BCUT2D eigenvalue weighted by Gasteiger charge is 2.43. The van der Waals surface area contributed by atoms with E-state index in [2.05, 4.69) is 48.8 Å². The molecule has 0 N–H and O–H groups in total. The fraction of sp³-hybridized carbons (Fsp3) is 0.458. The van der Waals surface area contributed by atoms with Crippen LogP contribution in [0, 0.1) is 13.8 Å². The van der Waals surface area contributed by atoms with E-state index in [1.807, 2.05) is 13.8 Å². The number of aryl methyl sites for hydroxylation is 3. The maximum atomic E-state index is 12.8. The van der Waals surface area contributed by atoms with Crippen molar-refractivity contribution in [2.45, 2.75) is 65.3 Å². The van der Waals surface area contributed by atoms with Crippen LogP contribution in [0.15, 0.2) is 30.4 Å². The van der Waals surface area contributed by atoms with Gasteiger partial charge in [-0.3, -0.25) is 4.79 Å². The molecule has 1 aliphatic carbocycles. The number of imidazole rings is 1. The first kappa shape index (κ1) is 20.8. The third-order valence-corrected chi connectivity index (χ3v) is 7.06. The number of hydrogen-bond donors (Lipinski definition) is 0. The van der Waals surface area contributed by atoms with E-state index in [-0.39, 0.29) is 5.97 Å². The SMILES string of the molecule is CCCc1nc2c(C)cc(C)nc2n1Cc1ccc(C2(C(=O)OCC)CC=CC2)s1. The van der Waals surface area contributed by atoms with Crippen molar-refractivity contribution >= 4 is 28.5 Å². The Balaban J connectivity index is 1.71. The predicted molar refractivity (Wildman–Crippen MR) is 121 cm³/mol. The van der Waals surface area contributed by atoms with Gasteiger partial charge in [-0.2, -0.15) is 0 Å². The Hall–Kier alpha value is -2.47. The van der Waals surface area contributed by atoms with Crippen LogP contribution in [0.1, 0.15) is 59.9 Å². The van der Waals surface area contributed by atoms with Crippen LogP contribution in [-0.2, 0) is 27.9 Å². The summed E-state index contributed by atoms with van der Waals surface area (Å²) in [6.45, 7) is 9.30. The Bertz CT molecular complexity index is 1100. The molecule has 0 unspecified atom stereocenters. The molecule has 3 aromatic rings. The summed E-state index contributed by atoms with van der Waals surface area (Å²) in [6.07, 6.45) is 7.56. The van der Waals surface area contributed by atoms with Crippen LogP contribution < -0.4 is 0 Å². The second-order valence-electron chi connectivity index (χ2n) is 8.07. The minimum Gasteiger partial charge on any atom is -0.465 e. The Morgan fingerprint density at radius 3 is 2.67 bits per heavy atom. The molecule has 1 aliphatic rings. The van der Waals surface area contributed by atoms with Crippen molar-refractivity contribution in [1.29, 1.82) is 0 Å². The molecule has 5 nitrogen and oxygen atoms in total. The van der Waals surface area contributed by atoms with Gasteiger partial charge in [0.2, 0.25) is 0 Å². The average Bonchev–Trinajstić information content (AvgIpc) is 3.43. The third kappa shape index (κ3) is 3.58. The number of fused-ring (bicyclic) bond motifs is 1. The highest BCUT2D eigenvalue weighted by molar-refractivity contribution is 7.12. The van der Waals surface area contributed by atoms with Crippen LogP contribution in [0.3, 0.4) is 0 Å². The van der Waals surface area contributed by atoms with E-state index in [9.17, 15) is 4.79 Å². The Morgan fingerprint density at radius 1 is 1.20 bits per heavy atom. The predicted octanol–water partition coefficient (Wildman–Crippen LogP) is 5.26. The molecule has 0 aliphatic heterocycles. The molecule has 0 atom stereocenters. The Labute approximate surface area is 181 Å². The van der Waals surface area contributed by atoms with Gasteiger partial charge in [0.1, 0.15) is 16.8 Å². The summed E-state index contributed by atoms with van der Waals surface area (Å²) >= 11 is 1.71. The molecule has 0 bridgehead atoms. The standard InChI is InChI=1S/C24H29N3O2S/c1-5-9-20-26-21-16(3)14-17(4)25-22(21)27(20)15-18-10-11-19(30-18)24(12-7-8-13-24)23(28)29-6-2/h7-8,10-11,14H,5-6,9,12-13,15H2,1-4H3. The molecule has 0 fully saturated rings. The van der Waals surface area contributed by atoms with Gasteiger partial charge >= 0.3 is 5.97 Å². The molecule has 0 aromatic carbocycles. The summed E-state index contributed by atoms with van der Waals surface area (Å²) in [6, 6.07) is 6.34. The van der Waals surface area contributed by atoms with Crippen LogP contribution in [0.4, 0.5) is 0 Å². The fourth-order valence-corrected chi connectivity index (χ4v) is 5.49. The lowest BCUT2D eigenvalue weighted by Crippen LogP contribution is -2.34. The average molecular weight is 424 g/mol. The number of allylic oxidation sites excluding steroid dienone is 2. The van der Waals surface area contributed by atoms with Crippen molar-refractivity contribution in [1.82, 2.24) is 14.5 Å². The first-order valence-corrected chi connectivity index (χ1v) is 11.5. The lowest BCUT2D eigenvalue weighted by molar-refractivity contribution is -0.149. The molecule has 0 amide bonds. The minimum atomic E-state index is -0.562. The van der Waals surface area contributed by atoms with Gasteiger partial charge in [-0.15, -0.1) is 11.3 Å². The zero-order chi connectivity index (χ0) is 21.3. The number of rotatable bonds is 7. The zero-order valence-corrected chi connectivity index (χ0v) is 19.0. The van der Waals surface area contributed by atoms with Crippen molar-refractivity contribution in [3.05, 3.63) is 57.2 Å². The van der Waals surface area contributed by atoms with Crippen molar-refractivity contribution in [3.63, 3.8) is 0 Å². The number of carbonyl (C=O) groups excluding carboxylic acids is 1. The Morgan fingerprint density at radius 2 is 1.97 bits per heavy atom. The quantitative estimate of drug-likeness (QED) is 0.384. The fourth-order valence-electron chi connectivity index (χ4n) is 4.29. The van der Waals surface area contributed by atoms with Crippen molar-refractivity contribution in [2.24, 2.45) is 0 Å². The first-order valence-electron chi connectivity index (χ1n) is 10.7. The van der Waals surface area contributed by atoms with Crippen LogP contribution in [0.25, 0.3) is 11.2 Å². The number of nitrogens with zero attached hydrogens (tertiary/aromatic N) is 3. The van der Waals surface area contributed by atoms with E-state index >= 15 is 0 Å². The molecule has 0 radical (unpaired) electrons. The van der Waals surface area contributed by atoms with E-state index in [1.165, 1.54) is 10.4 Å². The van der Waals surface area contributed by atoms with Gasteiger partial charge in [-0.25, -0.2) is 9.97 Å². The number of carbonyl (C=O) groups is 1. The summed E-state index contributed by atoms with van der Waals surface area (Å²) in [4.78, 5) is 24.8.